The van der Waals surface area contributed by atoms with Crippen molar-refractivity contribution in [2.24, 2.45) is 5.73 Å². The maximum absolute atomic E-state index is 12.3. The summed E-state index contributed by atoms with van der Waals surface area (Å²) in [5.41, 5.74) is 8.14. The van der Waals surface area contributed by atoms with Gasteiger partial charge in [0.1, 0.15) is 6.54 Å². The molecule has 0 fully saturated rings. The molecule has 2 rings (SSSR count). The second-order valence-electron chi connectivity index (χ2n) is 5.33. The molecule has 3 N–H and O–H groups in total. The Balaban J connectivity index is 2.27. The molecule has 0 bridgehead atoms. The summed E-state index contributed by atoms with van der Waals surface area (Å²) < 4.78 is 0. The molecule has 0 radical (unpaired) electrons. The summed E-state index contributed by atoms with van der Waals surface area (Å²) in [6, 6.07) is 10.6. The molecule has 2 aromatic rings. The van der Waals surface area contributed by atoms with Gasteiger partial charge in [-0.15, -0.1) is 0 Å². The molecule has 0 aliphatic rings. The highest BCUT2D eigenvalue weighted by molar-refractivity contribution is 5.83. The zero-order valence-electron chi connectivity index (χ0n) is 13.2. The Bertz CT molecular complexity index is 688. The van der Waals surface area contributed by atoms with E-state index in [2.05, 4.69) is 10.3 Å². The maximum atomic E-state index is 12.3. The fraction of sp³-hybridized carbons (Fsp3) is 0.235. The van der Waals surface area contributed by atoms with Crippen LogP contribution in [0.15, 0.2) is 48.8 Å². The van der Waals surface area contributed by atoms with Crippen LogP contribution in [0.1, 0.15) is 22.7 Å². The number of nitrogens with two attached hydrogens (primary N) is 1. The van der Waals surface area contributed by atoms with Gasteiger partial charge in [0, 0.05) is 19.4 Å². The quantitative estimate of drug-likeness (QED) is 0.879. The number of rotatable bonds is 5. The Hall–Kier alpha value is -2.89. The van der Waals surface area contributed by atoms with E-state index in [1.165, 1.54) is 7.05 Å². The molecule has 6 nitrogen and oxygen atoms in total. The lowest BCUT2D eigenvalue weighted by molar-refractivity contribution is -0.121. The predicted molar refractivity (Wildman–Crippen MR) is 87.6 cm³/mol. The van der Waals surface area contributed by atoms with Crippen LogP contribution in [0.5, 0.6) is 0 Å². The highest BCUT2D eigenvalue weighted by Crippen LogP contribution is 2.24. The van der Waals surface area contributed by atoms with Crippen molar-refractivity contribution in [2.75, 3.05) is 13.6 Å². The number of hydrogen-bond acceptors (Lipinski definition) is 3. The van der Waals surface area contributed by atoms with E-state index in [-0.39, 0.29) is 18.5 Å². The number of amides is 3. The lowest BCUT2D eigenvalue weighted by Crippen LogP contribution is -2.42. The first-order valence-corrected chi connectivity index (χ1v) is 7.24. The molecule has 1 aromatic heterocycles. The molecule has 1 heterocycles. The van der Waals surface area contributed by atoms with Crippen molar-refractivity contribution in [3.05, 3.63) is 65.5 Å². The number of hydrogen-bond donors (Lipinski definition) is 2. The number of carbonyl (C=O) groups is 2. The number of aryl methyl sites for hydroxylation is 1. The number of primary amides is 1. The average molecular weight is 312 g/mol. The predicted octanol–water partition coefficient (Wildman–Crippen LogP) is 1.61. The van der Waals surface area contributed by atoms with Crippen LogP contribution in [-0.4, -0.2) is 35.4 Å². The lowest BCUT2D eigenvalue weighted by atomic mass is 9.95. The fourth-order valence-electron chi connectivity index (χ4n) is 2.31. The molecule has 3 amide bonds. The van der Waals surface area contributed by atoms with Gasteiger partial charge in [-0.05, 0) is 35.7 Å². The van der Waals surface area contributed by atoms with E-state index in [4.69, 9.17) is 5.73 Å². The minimum Gasteiger partial charge on any atom is -0.351 e. The second-order valence-corrected chi connectivity index (χ2v) is 5.33. The van der Waals surface area contributed by atoms with Gasteiger partial charge in [0.15, 0.2) is 0 Å². The molecule has 0 aliphatic heterocycles. The second kappa shape index (κ2) is 7.40. The van der Waals surface area contributed by atoms with Crippen molar-refractivity contribution in [1.82, 2.24) is 15.2 Å². The molecule has 0 aliphatic carbocycles. The summed E-state index contributed by atoms with van der Waals surface area (Å²) in [6.45, 7) is 1.90. The largest absolute Gasteiger partial charge is 0.351 e. The number of benzene rings is 1. The van der Waals surface area contributed by atoms with Crippen LogP contribution in [0.3, 0.4) is 0 Å². The Morgan fingerprint density at radius 2 is 1.87 bits per heavy atom. The average Bonchev–Trinajstić information content (AvgIpc) is 2.54. The smallest absolute Gasteiger partial charge is 0.314 e. The van der Waals surface area contributed by atoms with Crippen LogP contribution in [0.2, 0.25) is 0 Å². The van der Waals surface area contributed by atoms with E-state index in [9.17, 15) is 9.59 Å². The SMILES string of the molecule is Cc1ccccc1C(NC(=O)CN(C)C(N)=O)c1ccncc1. The molecule has 0 saturated heterocycles. The summed E-state index contributed by atoms with van der Waals surface area (Å²) in [7, 11) is 1.48. The van der Waals surface area contributed by atoms with Gasteiger partial charge in [-0.3, -0.25) is 9.78 Å². The monoisotopic (exact) mass is 312 g/mol. The number of nitrogens with zero attached hydrogens (tertiary/aromatic N) is 2. The molecule has 0 spiro atoms. The number of nitrogens with one attached hydrogen (secondary N) is 1. The highest BCUT2D eigenvalue weighted by atomic mass is 16.2. The Labute approximate surface area is 135 Å². The Kier molecular flexibility index (Phi) is 5.30. The van der Waals surface area contributed by atoms with E-state index < -0.39 is 6.03 Å². The van der Waals surface area contributed by atoms with Gasteiger partial charge >= 0.3 is 6.03 Å². The number of likely N-dealkylation sites (N-methyl/N-ethyl adjacent to an activating group) is 1. The van der Waals surface area contributed by atoms with Gasteiger partial charge in [-0.1, -0.05) is 24.3 Å². The van der Waals surface area contributed by atoms with Crippen LogP contribution >= 0.6 is 0 Å². The third kappa shape index (κ3) is 4.29. The van der Waals surface area contributed by atoms with E-state index >= 15 is 0 Å². The van der Waals surface area contributed by atoms with E-state index in [1.54, 1.807) is 12.4 Å². The third-order valence-electron chi connectivity index (χ3n) is 3.60. The zero-order valence-corrected chi connectivity index (χ0v) is 13.2. The van der Waals surface area contributed by atoms with Crippen LogP contribution in [-0.2, 0) is 4.79 Å². The molecule has 23 heavy (non-hydrogen) atoms. The van der Waals surface area contributed by atoms with E-state index in [0.29, 0.717) is 0 Å². The minimum atomic E-state index is -0.642. The van der Waals surface area contributed by atoms with Crippen molar-refractivity contribution < 1.29 is 9.59 Å². The van der Waals surface area contributed by atoms with E-state index in [1.807, 2.05) is 43.3 Å². The van der Waals surface area contributed by atoms with Crippen molar-refractivity contribution in [3.63, 3.8) is 0 Å². The van der Waals surface area contributed by atoms with Crippen molar-refractivity contribution in [2.45, 2.75) is 13.0 Å². The van der Waals surface area contributed by atoms with Crippen LogP contribution in [0.4, 0.5) is 4.79 Å². The first kappa shape index (κ1) is 16.5. The molecular formula is C17H20N4O2. The first-order valence-electron chi connectivity index (χ1n) is 7.24. The zero-order chi connectivity index (χ0) is 16.8. The topological polar surface area (TPSA) is 88.3 Å². The van der Waals surface area contributed by atoms with Gasteiger partial charge in [0.05, 0.1) is 6.04 Å². The molecule has 120 valence electrons. The molecule has 0 saturated carbocycles. The Morgan fingerprint density at radius 1 is 1.22 bits per heavy atom. The van der Waals surface area contributed by atoms with Crippen molar-refractivity contribution in [1.29, 1.82) is 0 Å². The van der Waals surface area contributed by atoms with Crippen LogP contribution < -0.4 is 11.1 Å². The molecule has 1 unspecified atom stereocenters. The normalized spacial score (nSPS) is 11.6. The van der Waals surface area contributed by atoms with E-state index in [0.717, 1.165) is 21.6 Å². The van der Waals surface area contributed by atoms with Gasteiger partial charge in [-0.2, -0.15) is 0 Å². The molecule has 1 aromatic carbocycles. The first-order chi connectivity index (χ1) is 11.0. The van der Waals surface area contributed by atoms with Gasteiger partial charge < -0.3 is 16.0 Å². The Morgan fingerprint density at radius 3 is 2.48 bits per heavy atom. The van der Waals surface area contributed by atoms with Crippen LogP contribution in [0, 0.1) is 6.92 Å². The molecule has 1 atom stereocenters. The number of urea groups is 1. The maximum Gasteiger partial charge on any atom is 0.314 e. The molecular weight excluding hydrogens is 292 g/mol. The lowest BCUT2D eigenvalue weighted by Gasteiger charge is -2.23. The number of aromatic nitrogens is 1. The van der Waals surface area contributed by atoms with Gasteiger partial charge in [-0.25, -0.2) is 4.79 Å². The van der Waals surface area contributed by atoms with Crippen molar-refractivity contribution >= 4 is 11.9 Å². The summed E-state index contributed by atoms with van der Waals surface area (Å²) in [5, 5.41) is 2.96. The van der Waals surface area contributed by atoms with Crippen LogP contribution in [0.25, 0.3) is 0 Å². The summed E-state index contributed by atoms with van der Waals surface area (Å²) in [5.74, 6) is -0.281. The fourth-order valence-corrected chi connectivity index (χ4v) is 2.31. The number of carbonyl (C=O) groups excluding carboxylic acids is 2. The summed E-state index contributed by atoms with van der Waals surface area (Å²) in [4.78, 5) is 28.5. The summed E-state index contributed by atoms with van der Waals surface area (Å²) in [6.07, 6.45) is 3.37. The van der Waals surface area contributed by atoms with Crippen molar-refractivity contribution in [3.8, 4) is 0 Å². The van der Waals surface area contributed by atoms with Gasteiger partial charge in [0.2, 0.25) is 5.91 Å². The standard InChI is InChI=1S/C17H20N4O2/c1-12-5-3-4-6-14(12)16(13-7-9-19-10-8-13)20-15(22)11-21(2)17(18)23/h3-10,16H,11H2,1-2H3,(H2,18,23)(H,20,22). The highest BCUT2D eigenvalue weighted by Gasteiger charge is 2.19. The molecule has 6 heteroatoms. The summed E-state index contributed by atoms with van der Waals surface area (Å²) >= 11 is 0. The van der Waals surface area contributed by atoms with Gasteiger partial charge in [0.25, 0.3) is 0 Å². The minimum absolute atomic E-state index is 0.0944. The third-order valence-corrected chi connectivity index (χ3v) is 3.60. The number of pyridine rings is 1.